The van der Waals surface area contributed by atoms with Gasteiger partial charge in [-0.3, -0.25) is 10.2 Å². The van der Waals surface area contributed by atoms with Crippen LogP contribution >= 0.6 is 0 Å². The Kier molecular flexibility index (Phi) is 7.87. The van der Waals surface area contributed by atoms with Gasteiger partial charge >= 0.3 is 6.09 Å². The number of anilines is 1. The maximum absolute atomic E-state index is 12.6. The van der Waals surface area contributed by atoms with E-state index in [2.05, 4.69) is 30.6 Å². The number of carbonyl (C=O) groups is 2. The molecule has 0 aromatic heterocycles. The van der Waals surface area contributed by atoms with Gasteiger partial charge < -0.3 is 20.3 Å². The molecule has 0 spiro atoms. The van der Waals surface area contributed by atoms with E-state index < -0.39 is 5.60 Å². The zero-order chi connectivity index (χ0) is 26.7. The fourth-order valence-corrected chi connectivity index (χ4v) is 4.37. The van der Waals surface area contributed by atoms with Crippen molar-refractivity contribution in [2.24, 2.45) is 0 Å². The van der Waals surface area contributed by atoms with Crippen molar-refractivity contribution in [2.75, 3.05) is 18.4 Å². The highest BCUT2D eigenvalue weighted by Crippen LogP contribution is 2.32. The molecule has 192 valence electrons. The first kappa shape index (κ1) is 27.3. The molecule has 1 aliphatic heterocycles. The van der Waals surface area contributed by atoms with Gasteiger partial charge in [0.05, 0.1) is 11.3 Å². The summed E-state index contributed by atoms with van der Waals surface area (Å²) in [5.41, 5.74) is 2.32. The Balaban J connectivity index is 1.66. The number of carbonyl (C=O) groups excluding carboxylic acids is 2. The molecule has 3 N–H and O–H groups in total. The maximum atomic E-state index is 12.6. The summed E-state index contributed by atoms with van der Waals surface area (Å²) in [6.07, 6.45) is 8.68. The van der Waals surface area contributed by atoms with E-state index in [-0.39, 0.29) is 28.6 Å². The molecule has 1 aliphatic carbocycles. The predicted octanol–water partition coefficient (Wildman–Crippen LogP) is 4.27. The second-order valence-electron chi connectivity index (χ2n) is 11.9. The Hall–Kier alpha value is -3.29. The minimum Gasteiger partial charge on any atom is -0.444 e. The van der Waals surface area contributed by atoms with Gasteiger partial charge in [-0.25, -0.2) is 4.79 Å². The van der Waals surface area contributed by atoms with Gasteiger partial charge in [-0.2, -0.15) is 0 Å². The van der Waals surface area contributed by atoms with Crippen LogP contribution in [0.2, 0.25) is 0 Å². The Morgan fingerprint density at radius 1 is 1.14 bits per heavy atom. The van der Waals surface area contributed by atoms with Gasteiger partial charge in [0.15, 0.2) is 0 Å². The van der Waals surface area contributed by atoms with Crippen molar-refractivity contribution in [2.45, 2.75) is 70.8 Å². The molecule has 36 heavy (non-hydrogen) atoms. The normalized spacial score (nSPS) is 21.7. The van der Waals surface area contributed by atoms with Crippen LogP contribution in [0.25, 0.3) is 0 Å². The molecule has 2 aliphatic rings. The monoisotopic (exact) mass is 490 g/mol. The molecule has 0 saturated carbocycles. The predicted molar refractivity (Wildman–Crippen MR) is 148 cm³/mol. The van der Waals surface area contributed by atoms with E-state index in [1.54, 1.807) is 18.4 Å². The highest BCUT2D eigenvalue weighted by Gasteiger charge is 2.36. The van der Waals surface area contributed by atoms with Crippen LogP contribution in [-0.4, -0.2) is 54.7 Å². The summed E-state index contributed by atoms with van der Waals surface area (Å²) in [4.78, 5) is 27.0. The van der Waals surface area contributed by atoms with E-state index >= 15 is 0 Å². The summed E-state index contributed by atoms with van der Waals surface area (Å²) < 4.78 is 5.59. The minimum absolute atomic E-state index is 0.152. The first-order valence-corrected chi connectivity index (χ1v) is 12.5. The minimum atomic E-state index is -0.510. The van der Waals surface area contributed by atoms with Crippen LogP contribution in [0, 0.1) is 5.41 Å². The summed E-state index contributed by atoms with van der Waals surface area (Å²) in [7, 11) is 2.19. The van der Waals surface area contributed by atoms with E-state index in [1.807, 2.05) is 64.7 Å². The van der Waals surface area contributed by atoms with E-state index in [4.69, 9.17) is 10.1 Å². The largest absolute Gasteiger partial charge is 0.444 e. The van der Waals surface area contributed by atoms with Gasteiger partial charge in [-0.05, 0) is 83.5 Å². The number of ether oxygens (including phenoxy) is 1. The number of hydrogen-bond acceptors (Lipinski definition) is 5. The van der Waals surface area contributed by atoms with Crippen molar-refractivity contribution in [3.05, 3.63) is 65.4 Å². The highest BCUT2D eigenvalue weighted by molar-refractivity contribution is 6.28. The third-order valence-corrected chi connectivity index (χ3v) is 6.15. The molecule has 0 bridgehead atoms. The number of allylic oxidation sites excluding steroid dienone is 4. The molecule has 8 heteroatoms. The third-order valence-electron chi connectivity index (χ3n) is 6.15. The number of nitrogens with one attached hydrogen (secondary N) is 3. The van der Waals surface area contributed by atoms with E-state index in [0.29, 0.717) is 24.2 Å². The van der Waals surface area contributed by atoms with Gasteiger partial charge in [-0.15, -0.1) is 0 Å². The van der Waals surface area contributed by atoms with Crippen LogP contribution < -0.4 is 10.6 Å². The summed E-state index contributed by atoms with van der Waals surface area (Å²) in [5.74, 6) is -0.256. The smallest absolute Gasteiger partial charge is 0.410 e. The van der Waals surface area contributed by atoms with Crippen molar-refractivity contribution >= 4 is 31.2 Å². The average Bonchev–Trinajstić information content (AvgIpc) is 2.76. The topological polar surface area (TPSA) is 94.5 Å². The van der Waals surface area contributed by atoms with Crippen molar-refractivity contribution in [3.63, 3.8) is 0 Å². The molecule has 3 rings (SSSR count). The molecule has 7 nitrogen and oxygen atoms in total. The van der Waals surface area contributed by atoms with Crippen molar-refractivity contribution in [1.29, 1.82) is 5.41 Å². The summed E-state index contributed by atoms with van der Waals surface area (Å²) in [5, 5.41) is 14.5. The number of rotatable bonds is 4. The fourth-order valence-electron chi connectivity index (χ4n) is 4.37. The summed E-state index contributed by atoms with van der Waals surface area (Å²) in [6.45, 7) is 12.7. The zero-order valence-corrected chi connectivity index (χ0v) is 22.6. The van der Waals surface area contributed by atoms with Gasteiger partial charge in [-0.1, -0.05) is 24.3 Å². The molecule has 1 aromatic carbocycles. The molecule has 1 atom stereocenters. The quantitative estimate of drug-likeness (QED) is 0.550. The summed E-state index contributed by atoms with van der Waals surface area (Å²) >= 11 is 0. The van der Waals surface area contributed by atoms with Crippen LogP contribution in [0.5, 0.6) is 0 Å². The fraction of sp³-hybridized carbons (Fsp3) is 0.464. The van der Waals surface area contributed by atoms with Crippen LogP contribution in [-0.2, 0) is 14.8 Å². The van der Waals surface area contributed by atoms with E-state index in [1.165, 1.54) is 5.56 Å². The van der Waals surface area contributed by atoms with Crippen LogP contribution in [0.4, 0.5) is 10.5 Å². The summed E-state index contributed by atoms with van der Waals surface area (Å²) in [6, 6.07) is 8.18. The second-order valence-corrected chi connectivity index (χ2v) is 11.9. The molecule has 0 radical (unpaired) electrons. The van der Waals surface area contributed by atoms with E-state index in [0.717, 1.165) is 18.5 Å². The van der Waals surface area contributed by atoms with Crippen LogP contribution in [0.3, 0.4) is 0 Å². The molecule has 1 unspecified atom stereocenters. The van der Waals surface area contributed by atoms with Crippen molar-refractivity contribution < 1.29 is 14.3 Å². The van der Waals surface area contributed by atoms with Gasteiger partial charge in [0.2, 0.25) is 0 Å². The molecule has 1 saturated heterocycles. The lowest BCUT2D eigenvalue weighted by atomic mass is 9.60. The van der Waals surface area contributed by atoms with Crippen molar-refractivity contribution in [1.82, 2.24) is 10.2 Å². The Morgan fingerprint density at radius 3 is 2.42 bits per heavy atom. The van der Waals surface area contributed by atoms with Gasteiger partial charge in [0.1, 0.15) is 13.4 Å². The molecular weight excluding hydrogens is 451 g/mol. The second kappa shape index (κ2) is 10.4. The maximum Gasteiger partial charge on any atom is 0.410 e. The number of piperidine rings is 1. The SMILES string of the molecule is BC1(c2ccc(N/C=C3/C=CC=C(C(=O)NC(C)(C)C)C3=N)cc2)CCCN(C(=O)OC(C)(C)C)C1. The number of hydrogen-bond donors (Lipinski definition) is 3. The van der Waals surface area contributed by atoms with Gasteiger partial charge in [0.25, 0.3) is 5.91 Å². The van der Waals surface area contributed by atoms with Gasteiger partial charge in [0, 0.05) is 36.1 Å². The molecule has 1 aromatic rings. The standard InChI is InChI=1S/C28H39BN4O3/c1-26(2,3)32-24(34)22-10-7-9-19(23(22)30)17-31-21-13-11-20(12-14-21)28(29)15-8-16-33(18-28)25(35)36-27(4,5)6/h7,9-14,17,30-31H,8,15-16,18,29H2,1-6H3,(H,32,34)/b19-17-,30-23?. The third kappa shape index (κ3) is 7.12. The van der Waals surface area contributed by atoms with Crippen LogP contribution in [0.1, 0.15) is 59.9 Å². The van der Waals surface area contributed by atoms with Crippen molar-refractivity contribution in [3.8, 4) is 0 Å². The lowest BCUT2D eigenvalue weighted by molar-refractivity contribution is -0.118. The molecule has 1 fully saturated rings. The molecule has 1 heterocycles. The first-order valence-electron chi connectivity index (χ1n) is 12.5. The van der Waals surface area contributed by atoms with Crippen LogP contribution in [0.15, 0.2) is 59.8 Å². The number of nitrogens with zero attached hydrogens (tertiary/aromatic N) is 1. The number of benzene rings is 1. The Labute approximate surface area is 216 Å². The zero-order valence-electron chi connectivity index (χ0n) is 22.6. The molecule has 2 amide bonds. The van der Waals surface area contributed by atoms with E-state index in [9.17, 15) is 9.59 Å². The lowest BCUT2D eigenvalue weighted by Crippen LogP contribution is -2.50. The highest BCUT2D eigenvalue weighted by atomic mass is 16.6. The lowest BCUT2D eigenvalue weighted by Gasteiger charge is -2.41. The number of likely N-dealkylation sites (tertiary alicyclic amines) is 1. The average molecular weight is 490 g/mol. The number of amides is 2. The molecular formula is C28H39BN4O3. The Bertz CT molecular complexity index is 1110. The Morgan fingerprint density at radius 2 is 1.81 bits per heavy atom. The first-order chi connectivity index (χ1) is 16.7.